The van der Waals surface area contributed by atoms with Crippen molar-refractivity contribution in [2.24, 2.45) is 0 Å². The lowest BCUT2D eigenvalue weighted by Crippen LogP contribution is -3.05. The van der Waals surface area contributed by atoms with Gasteiger partial charge in [0.05, 0.1) is 25.5 Å². The molecule has 0 unspecified atom stereocenters. The van der Waals surface area contributed by atoms with Gasteiger partial charge in [-0.1, -0.05) is 13.8 Å². The molecule has 0 aliphatic rings. The van der Waals surface area contributed by atoms with Crippen LogP contribution in [0.25, 0.3) is 0 Å². The molecule has 148 valence electrons. The lowest BCUT2D eigenvalue weighted by Gasteiger charge is -2.21. The van der Waals surface area contributed by atoms with Gasteiger partial charge in [-0.05, 0) is 49.3 Å². The van der Waals surface area contributed by atoms with Crippen molar-refractivity contribution in [3.8, 4) is 0 Å². The quantitative estimate of drug-likeness (QED) is 0.428. The number of nitrogens with one attached hydrogen (secondary N) is 3. The summed E-state index contributed by atoms with van der Waals surface area (Å²) >= 11 is 5.36. The van der Waals surface area contributed by atoms with E-state index in [0.29, 0.717) is 23.1 Å². The molecule has 0 saturated carbocycles. The largest absolute Gasteiger partial charge is 0.362 e. The summed E-state index contributed by atoms with van der Waals surface area (Å²) in [5.41, 5.74) is 2.64. The Morgan fingerprint density at radius 3 is 2.35 bits per heavy atom. The van der Waals surface area contributed by atoms with Crippen molar-refractivity contribution in [1.29, 1.82) is 0 Å². The van der Waals surface area contributed by atoms with Crippen molar-refractivity contribution in [2.75, 3.05) is 45.6 Å². The second kappa shape index (κ2) is 10.2. The van der Waals surface area contributed by atoms with Crippen LogP contribution in [0.1, 0.15) is 31.4 Å². The number of thiocarbonyl (C=S) groups is 1. The number of aryl methyl sites for hydroxylation is 1. The molecular weight excluding hydrogens is 368 g/mol. The Kier molecular flexibility index (Phi) is 8.95. The molecule has 0 heterocycles. The van der Waals surface area contributed by atoms with Crippen LogP contribution in [0.15, 0.2) is 17.0 Å². The smallest absolute Gasteiger partial charge is 0.243 e. The fraction of sp³-hybridized carbons (Fsp3) is 0.611. The molecule has 0 bridgehead atoms. The molecule has 3 N–H and O–H groups in total. The minimum Gasteiger partial charge on any atom is -0.362 e. The molecule has 0 aliphatic heterocycles. The molecule has 0 radical (unpaired) electrons. The second-order valence-electron chi connectivity index (χ2n) is 6.69. The first kappa shape index (κ1) is 22.8. The van der Waals surface area contributed by atoms with E-state index in [1.54, 1.807) is 12.1 Å². The van der Waals surface area contributed by atoms with E-state index in [4.69, 9.17) is 12.2 Å². The highest BCUT2D eigenvalue weighted by molar-refractivity contribution is 7.89. The van der Waals surface area contributed by atoms with E-state index in [-0.39, 0.29) is 0 Å². The number of sulfonamides is 1. The van der Waals surface area contributed by atoms with E-state index in [1.807, 2.05) is 27.7 Å². The molecule has 1 rings (SSSR count). The predicted octanol–water partition coefficient (Wildman–Crippen LogP) is 1.15. The van der Waals surface area contributed by atoms with Crippen LogP contribution in [0.3, 0.4) is 0 Å². The SMILES string of the molecule is CCN(CC)S(=O)(=O)c1cc(C)c(C)c(NC(=S)NCCC[NH+](C)C)c1. The summed E-state index contributed by atoms with van der Waals surface area (Å²) in [5.74, 6) is 0. The molecule has 0 atom stereocenters. The van der Waals surface area contributed by atoms with Crippen molar-refractivity contribution in [3.05, 3.63) is 23.3 Å². The lowest BCUT2D eigenvalue weighted by atomic mass is 10.1. The van der Waals surface area contributed by atoms with Crippen LogP contribution in [-0.4, -0.2) is 58.1 Å². The van der Waals surface area contributed by atoms with Crippen molar-refractivity contribution in [2.45, 2.75) is 39.0 Å². The molecular formula is C18H33N4O2S2+. The van der Waals surface area contributed by atoms with Crippen LogP contribution in [0.5, 0.6) is 0 Å². The second-order valence-corrected chi connectivity index (χ2v) is 9.04. The monoisotopic (exact) mass is 401 g/mol. The predicted molar refractivity (Wildman–Crippen MR) is 113 cm³/mol. The van der Waals surface area contributed by atoms with E-state index in [9.17, 15) is 8.42 Å². The third-order valence-electron chi connectivity index (χ3n) is 4.37. The maximum absolute atomic E-state index is 12.8. The molecule has 26 heavy (non-hydrogen) atoms. The van der Waals surface area contributed by atoms with Gasteiger partial charge in [0.25, 0.3) is 0 Å². The fourth-order valence-electron chi connectivity index (χ4n) is 2.63. The highest BCUT2D eigenvalue weighted by Crippen LogP contribution is 2.26. The number of quaternary nitrogens is 1. The van der Waals surface area contributed by atoms with Crippen LogP contribution in [0.2, 0.25) is 0 Å². The highest BCUT2D eigenvalue weighted by Gasteiger charge is 2.23. The average molecular weight is 402 g/mol. The Morgan fingerprint density at radius 1 is 1.19 bits per heavy atom. The number of anilines is 1. The summed E-state index contributed by atoms with van der Waals surface area (Å²) in [5, 5.41) is 6.85. The maximum atomic E-state index is 12.8. The van der Waals surface area contributed by atoms with E-state index in [1.165, 1.54) is 9.21 Å². The topological polar surface area (TPSA) is 65.9 Å². The van der Waals surface area contributed by atoms with Crippen molar-refractivity contribution in [3.63, 3.8) is 0 Å². The summed E-state index contributed by atoms with van der Waals surface area (Å²) in [6.07, 6.45) is 1.01. The lowest BCUT2D eigenvalue weighted by molar-refractivity contribution is -0.858. The van der Waals surface area contributed by atoms with Crippen LogP contribution in [0.4, 0.5) is 5.69 Å². The Hall–Kier alpha value is -1.22. The average Bonchev–Trinajstić information content (AvgIpc) is 2.56. The first-order chi connectivity index (χ1) is 12.1. The van der Waals surface area contributed by atoms with Gasteiger partial charge < -0.3 is 15.5 Å². The van der Waals surface area contributed by atoms with Gasteiger partial charge in [0, 0.05) is 31.7 Å². The zero-order chi connectivity index (χ0) is 19.9. The van der Waals surface area contributed by atoms with Gasteiger partial charge in [0.2, 0.25) is 10.0 Å². The molecule has 0 spiro atoms. The number of hydrogen-bond acceptors (Lipinski definition) is 3. The van der Waals surface area contributed by atoms with Crippen LogP contribution in [0, 0.1) is 13.8 Å². The zero-order valence-electron chi connectivity index (χ0n) is 16.8. The van der Waals surface area contributed by atoms with Gasteiger partial charge in [-0.25, -0.2) is 8.42 Å². The molecule has 1 aromatic carbocycles. The highest BCUT2D eigenvalue weighted by atomic mass is 32.2. The Morgan fingerprint density at radius 2 is 1.81 bits per heavy atom. The van der Waals surface area contributed by atoms with E-state index >= 15 is 0 Å². The van der Waals surface area contributed by atoms with Crippen LogP contribution < -0.4 is 15.5 Å². The van der Waals surface area contributed by atoms with Crippen molar-refractivity contribution in [1.82, 2.24) is 9.62 Å². The van der Waals surface area contributed by atoms with Gasteiger partial charge in [0.1, 0.15) is 0 Å². The summed E-state index contributed by atoms with van der Waals surface area (Å²) in [6.45, 7) is 10.3. The standard InChI is InChI=1S/C18H32N4O2S2/c1-7-22(8-2)26(23,24)16-12-14(3)15(4)17(13-16)20-18(25)19-10-9-11-21(5)6/h12-13H,7-11H2,1-6H3,(H2,19,20,25)/p+1. The number of rotatable bonds is 9. The third kappa shape index (κ3) is 6.19. The van der Waals surface area contributed by atoms with Gasteiger partial charge in [-0.2, -0.15) is 4.31 Å². The summed E-state index contributed by atoms with van der Waals surface area (Å²) in [7, 11) is 0.729. The summed E-state index contributed by atoms with van der Waals surface area (Å²) in [4.78, 5) is 1.69. The van der Waals surface area contributed by atoms with E-state index < -0.39 is 10.0 Å². The molecule has 0 amide bonds. The summed E-state index contributed by atoms with van der Waals surface area (Å²) < 4.78 is 27.1. The minimum absolute atomic E-state index is 0.297. The Bertz CT molecular complexity index is 714. The molecule has 0 saturated heterocycles. The van der Waals surface area contributed by atoms with Gasteiger partial charge in [-0.15, -0.1) is 0 Å². The zero-order valence-corrected chi connectivity index (χ0v) is 18.4. The molecule has 0 aromatic heterocycles. The third-order valence-corrected chi connectivity index (χ3v) is 6.65. The van der Waals surface area contributed by atoms with E-state index in [0.717, 1.165) is 36.3 Å². The fourth-order valence-corrected chi connectivity index (χ4v) is 4.41. The maximum Gasteiger partial charge on any atom is 0.243 e. The normalized spacial score (nSPS) is 11.8. The minimum atomic E-state index is -3.50. The Balaban J connectivity index is 2.96. The van der Waals surface area contributed by atoms with Crippen molar-refractivity contribution < 1.29 is 13.3 Å². The summed E-state index contributed by atoms with van der Waals surface area (Å²) in [6, 6.07) is 3.40. The molecule has 1 aromatic rings. The number of benzene rings is 1. The number of hydrogen-bond donors (Lipinski definition) is 3. The molecule has 0 aliphatic carbocycles. The first-order valence-corrected chi connectivity index (χ1v) is 10.9. The van der Waals surface area contributed by atoms with Crippen molar-refractivity contribution >= 4 is 33.0 Å². The van der Waals surface area contributed by atoms with Crippen LogP contribution >= 0.6 is 12.2 Å². The first-order valence-electron chi connectivity index (χ1n) is 9.08. The van der Waals surface area contributed by atoms with Crippen LogP contribution in [-0.2, 0) is 10.0 Å². The molecule has 8 heteroatoms. The van der Waals surface area contributed by atoms with Gasteiger partial charge >= 0.3 is 0 Å². The number of nitrogens with zero attached hydrogens (tertiary/aromatic N) is 1. The van der Waals surface area contributed by atoms with E-state index in [2.05, 4.69) is 24.7 Å². The van der Waals surface area contributed by atoms with Gasteiger partial charge in [0.15, 0.2) is 5.11 Å². The Labute approximate surface area is 164 Å². The van der Waals surface area contributed by atoms with Gasteiger partial charge in [-0.3, -0.25) is 0 Å². The molecule has 0 fully saturated rings. The molecule has 6 nitrogen and oxygen atoms in total.